The van der Waals surface area contributed by atoms with Crippen molar-refractivity contribution in [1.82, 2.24) is 0 Å². The average molecular weight is 332 g/mol. The van der Waals surface area contributed by atoms with Gasteiger partial charge in [0.25, 0.3) is 5.43 Å². The lowest BCUT2D eigenvalue weighted by Gasteiger charge is -2.06. The molecule has 0 saturated heterocycles. The molecule has 6 nitrogen and oxygen atoms in total. The van der Waals surface area contributed by atoms with Crippen molar-refractivity contribution in [1.29, 1.82) is 0 Å². The minimum atomic E-state index is -0.737. The number of fused-ring (bicyclic) bond motifs is 1. The quantitative estimate of drug-likeness (QED) is 0.534. The maximum Gasteiger partial charge on any atom is 0.359 e. The predicted molar refractivity (Wildman–Crippen MR) is 86.1 cm³/mol. The zero-order chi connectivity index (χ0) is 16.6. The van der Waals surface area contributed by atoms with Gasteiger partial charge in [0, 0.05) is 16.7 Å². The van der Waals surface area contributed by atoms with Crippen molar-refractivity contribution < 1.29 is 14.1 Å². The van der Waals surface area contributed by atoms with Gasteiger partial charge >= 0.3 is 5.69 Å². The van der Waals surface area contributed by atoms with E-state index in [1.54, 1.807) is 30.3 Å². The fourth-order valence-corrected chi connectivity index (χ4v) is 2.38. The van der Waals surface area contributed by atoms with Crippen molar-refractivity contribution in [3.8, 4) is 17.1 Å². The molecule has 23 heavy (non-hydrogen) atoms. The molecule has 0 aliphatic carbocycles. The van der Waals surface area contributed by atoms with E-state index in [4.69, 9.17) is 20.8 Å². The highest BCUT2D eigenvalue weighted by molar-refractivity contribution is 6.30. The van der Waals surface area contributed by atoms with Crippen LogP contribution in [-0.2, 0) is 0 Å². The Hall–Kier alpha value is -2.86. The third kappa shape index (κ3) is 2.64. The normalized spacial score (nSPS) is 10.7. The lowest BCUT2D eigenvalue weighted by molar-refractivity contribution is -0.386. The van der Waals surface area contributed by atoms with E-state index in [0.29, 0.717) is 16.3 Å². The van der Waals surface area contributed by atoms with Gasteiger partial charge in [0.05, 0.1) is 17.4 Å². The number of rotatable bonds is 3. The van der Waals surface area contributed by atoms with E-state index in [1.165, 1.54) is 19.2 Å². The van der Waals surface area contributed by atoms with E-state index in [-0.39, 0.29) is 16.7 Å². The summed E-state index contributed by atoms with van der Waals surface area (Å²) in [6.07, 6.45) is 0. The lowest BCUT2D eigenvalue weighted by atomic mass is 10.1. The molecule has 0 spiro atoms. The SMILES string of the molecule is COc1ccc2c(=O)c([N+](=O)[O-])c(-c3ccc(Cl)cc3)oc2c1. The molecule has 7 heteroatoms. The van der Waals surface area contributed by atoms with Gasteiger partial charge in [0.15, 0.2) is 0 Å². The Morgan fingerprint density at radius 2 is 1.87 bits per heavy atom. The molecule has 0 amide bonds. The molecule has 0 unspecified atom stereocenters. The standard InChI is InChI=1S/C16H10ClNO5/c1-22-11-6-7-12-13(8-11)23-16(14(15(12)19)18(20)21)9-2-4-10(17)5-3-9/h2-8H,1H3. The number of hydrogen-bond donors (Lipinski definition) is 0. The van der Waals surface area contributed by atoms with Crippen LogP contribution in [0.15, 0.2) is 51.7 Å². The average Bonchev–Trinajstić information content (AvgIpc) is 2.54. The van der Waals surface area contributed by atoms with Gasteiger partial charge in [-0.05, 0) is 36.4 Å². The van der Waals surface area contributed by atoms with Crippen LogP contribution in [0.3, 0.4) is 0 Å². The van der Waals surface area contributed by atoms with Crippen LogP contribution >= 0.6 is 11.6 Å². The molecule has 1 aromatic heterocycles. The summed E-state index contributed by atoms with van der Waals surface area (Å²) in [5.41, 5.74) is -0.707. The Morgan fingerprint density at radius 1 is 1.17 bits per heavy atom. The second kappa shape index (κ2) is 5.73. The van der Waals surface area contributed by atoms with Gasteiger partial charge < -0.3 is 9.15 Å². The van der Waals surface area contributed by atoms with E-state index in [0.717, 1.165) is 0 Å². The molecule has 0 saturated carbocycles. The van der Waals surface area contributed by atoms with Gasteiger partial charge in [0.1, 0.15) is 11.3 Å². The third-order valence-corrected chi connectivity index (χ3v) is 3.62. The molecule has 0 bridgehead atoms. The zero-order valence-electron chi connectivity index (χ0n) is 11.9. The maximum atomic E-state index is 12.5. The van der Waals surface area contributed by atoms with Gasteiger partial charge in [-0.25, -0.2) is 0 Å². The summed E-state index contributed by atoms with van der Waals surface area (Å²) in [6.45, 7) is 0. The maximum absolute atomic E-state index is 12.5. The van der Waals surface area contributed by atoms with Crippen molar-refractivity contribution >= 4 is 28.3 Å². The van der Waals surface area contributed by atoms with Crippen LogP contribution in [0.25, 0.3) is 22.3 Å². The van der Waals surface area contributed by atoms with E-state index in [9.17, 15) is 14.9 Å². The van der Waals surface area contributed by atoms with Crippen LogP contribution in [0.1, 0.15) is 0 Å². The summed E-state index contributed by atoms with van der Waals surface area (Å²) >= 11 is 5.82. The van der Waals surface area contributed by atoms with Crippen molar-refractivity contribution in [3.05, 3.63) is 67.8 Å². The van der Waals surface area contributed by atoms with Crippen LogP contribution in [0.2, 0.25) is 5.02 Å². The fourth-order valence-electron chi connectivity index (χ4n) is 2.25. The molecule has 3 aromatic rings. The number of ether oxygens (including phenoxy) is 1. The summed E-state index contributed by atoms with van der Waals surface area (Å²) in [6, 6.07) is 10.7. The first-order valence-electron chi connectivity index (χ1n) is 6.56. The first-order chi connectivity index (χ1) is 11.0. The van der Waals surface area contributed by atoms with Crippen LogP contribution in [0.4, 0.5) is 5.69 Å². The number of nitro groups is 1. The summed E-state index contributed by atoms with van der Waals surface area (Å²) in [7, 11) is 1.48. The second-order valence-electron chi connectivity index (χ2n) is 4.74. The number of nitrogens with zero attached hydrogens (tertiary/aromatic N) is 1. The number of hydrogen-bond acceptors (Lipinski definition) is 5. The van der Waals surface area contributed by atoms with Crippen LogP contribution in [-0.4, -0.2) is 12.0 Å². The Balaban J connectivity index is 2.38. The van der Waals surface area contributed by atoms with Gasteiger partial charge in [-0.3, -0.25) is 14.9 Å². The number of halogens is 1. The topological polar surface area (TPSA) is 82.6 Å². The lowest BCUT2D eigenvalue weighted by Crippen LogP contribution is -2.10. The highest BCUT2D eigenvalue weighted by Crippen LogP contribution is 2.32. The highest BCUT2D eigenvalue weighted by Gasteiger charge is 2.25. The Kier molecular flexibility index (Phi) is 3.75. The van der Waals surface area contributed by atoms with Crippen LogP contribution in [0, 0.1) is 10.1 Å². The van der Waals surface area contributed by atoms with Crippen molar-refractivity contribution in [2.24, 2.45) is 0 Å². The van der Waals surface area contributed by atoms with Crippen molar-refractivity contribution in [2.75, 3.05) is 7.11 Å². The van der Waals surface area contributed by atoms with E-state index in [1.807, 2.05) is 0 Å². The van der Waals surface area contributed by atoms with Gasteiger partial charge in [-0.2, -0.15) is 0 Å². The number of methoxy groups -OCH3 is 1. The summed E-state index contributed by atoms with van der Waals surface area (Å²) in [5.74, 6) is 0.369. The van der Waals surface area contributed by atoms with Gasteiger partial charge in [0.2, 0.25) is 5.76 Å². The van der Waals surface area contributed by atoms with E-state index < -0.39 is 16.0 Å². The molecule has 0 aliphatic heterocycles. The molecular formula is C16H10ClNO5. The second-order valence-corrected chi connectivity index (χ2v) is 5.17. The molecule has 0 fully saturated rings. The van der Waals surface area contributed by atoms with Crippen molar-refractivity contribution in [3.63, 3.8) is 0 Å². The Morgan fingerprint density at radius 3 is 2.48 bits per heavy atom. The smallest absolute Gasteiger partial charge is 0.359 e. The first-order valence-corrected chi connectivity index (χ1v) is 6.94. The third-order valence-electron chi connectivity index (χ3n) is 3.36. The van der Waals surface area contributed by atoms with E-state index >= 15 is 0 Å². The summed E-state index contributed by atoms with van der Waals surface area (Å²) < 4.78 is 10.7. The molecule has 2 aromatic carbocycles. The minimum absolute atomic E-state index is 0.114. The first kappa shape index (κ1) is 15.1. The summed E-state index contributed by atoms with van der Waals surface area (Å²) in [5, 5.41) is 11.9. The van der Waals surface area contributed by atoms with Gasteiger partial charge in [-0.15, -0.1) is 0 Å². The Bertz CT molecular complexity index is 963. The van der Waals surface area contributed by atoms with Crippen molar-refractivity contribution in [2.45, 2.75) is 0 Å². The molecule has 3 rings (SSSR count). The Labute approximate surface area is 135 Å². The van der Waals surface area contributed by atoms with Crippen LogP contribution < -0.4 is 10.2 Å². The molecule has 0 aliphatic rings. The largest absolute Gasteiger partial charge is 0.497 e. The van der Waals surface area contributed by atoms with Crippen LogP contribution in [0.5, 0.6) is 5.75 Å². The summed E-state index contributed by atoms with van der Waals surface area (Å²) in [4.78, 5) is 23.1. The number of benzene rings is 2. The zero-order valence-corrected chi connectivity index (χ0v) is 12.7. The predicted octanol–water partition coefficient (Wildman–Crippen LogP) is 4.03. The van der Waals surface area contributed by atoms with E-state index in [2.05, 4.69) is 0 Å². The molecule has 1 heterocycles. The van der Waals surface area contributed by atoms with Gasteiger partial charge in [-0.1, -0.05) is 11.6 Å². The molecule has 0 atom stereocenters. The highest BCUT2D eigenvalue weighted by atomic mass is 35.5. The minimum Gasteiger partial charge on any atom is -0.497 e. The molecule has 0 radical (unpaired) electrons. The fraction of sp³-hybridized carbons (Fsp3) is 0.0625. The monoisotopic (exact) mass is 331 g/mol. The molecule has 116 valence electrons. The molecule has 0 N–H and O–H groups in total. The molecular weight excluding hydrogens is 322 g/mol.